The highest BCUT2D eigenvalue weighted by Crippen LogP contribution is 2.27. The van der Waals surface area contributed by atoms with Gasteiger partial charge in [0.15, 0.2) is 0 Å². The molecule has 18 heavy (non-hydrogen) atoms. The maximum Gasteiger partial charge on any atom is 0.254 e. The van der Waals surface area contributed by atoms with Crippen molar-refractivity contribution in [3.8, 4) is 0 Å². The molecule has 1 amide bonds. The van der Waals surface area contributed by atoms with Crippen LogP contribution < -0.4 is 5.73 Å². The Morgan fingerprint density at radius 1 is 1.28 bits per heavy atom. The molecule has 5 nitrogen and oxygen atoms in total. The second-order valence-corrected chi connectivity index (χ2v) is 5.46. The maximum absolute atomic E-state index is 12.5. The first-order valence-corrected chi connectivity index (χ1v) is 7.01. The number of carbonyl (C=O) groups is 1. The molecule has 0 spiro atoms. The van der Waals surface area contributed by atoms with Crippen molar-refractivity contribution in [2.75, 3.05) is 45.9 Å². The first-order valence-electron chi connectivity index (χ1n) is 7.01. The summed E-state index contributed by atoms with van der Waals surface area (Å²) in [6.07, 6.45) is 2.88. The second kappa shape index (κ2) is 5.99. The Kier molecular flexibility index (Phi) is 4.59. The van der Waals surface area contributed by atoms with Crippen molar-refractivity contribution in [1.29, 1.82) is 0 Å². The van der Waals surface area contributed by atoms with Gasteiger partial charge in [0.25, 0.3) is 5.91 Å². The number of amides is 1. The van der Waals surface area contributed by atoms with Gasteiger partial charge in [0.1, 0.15) is 5.60 Å². The topological polar surface area (TPSA) is 58.8 Å². The van der Waals surface area contributed by atoms with Crippen LogP contribution in [0.1, 0.15) is 26.2 Å². The highest BCUT2D eigenvalue weighted by Gasteiger charge is 2.40. The lowest BCUT2D eigenvalue weighted by molar-refractivity contribution is -0.150. The lowest BCUT2D eigenvalue weighted by Crippen LogP contribution is -2.48. The van der Waals surface area contributed by atoms with Gasteiger partial charge in [0.2, 0.25) is 0 Å². The Bertz CT molecular complexity index is 290. The minimum atomic E-state index is -0.566. The molecule has 0 saturated carbocycles. The molecule has 5 heteroatoms. The van der Waals surface area contributed by atoms with Gasteiger partial charge in [0, 0.05) is 39.3 Å². The van der Waals surface area contributed by atoms with Gasteiger partial charge in [-0.05, 0) is 32.7 Å². The van der Waals surface area contributed by atoms with Crippen molar-refractivity contribution in [2.24, 2.45) is 5.73 Å². The predicted octanol–water partition coefficient (Wildman–Crippen LogP) is 0.0485. The summed E-state index contributed by atoms with van der Waals surface area (Å²) in [6, 6.07) is 0. The molecule has 0 aromatic rings. The van der Waals surface area contributed by atoms with E-state index in [9.17, 15) is 4.79 Å². The fraction of sp³-hybridized carbons (Fsp3) is 0.923. The molecule has 0 aromatic carbocycles. The molecule has 2 fully saturated rings. The smallest absolute Gasteiger partial charge is 0.254 e. The first-order chi connectivity index (χ1) is 8.65. The van der Waals surface area contributed by atoms with Crippen molar-refractivity contribution in [2.45, 2.75) is 31.8 Å². The van der Waals surface area contributed by atoms with Crippen LogP contribution in [0.25, 0.3) is 0 Å². The van der Waals surface area contributed by atoms with E-state index in [0.717, 1.165) is 58.6 Å². The molecular formula is C13H25N3O2. The third-order valence-electron chi connectivity index (χ3n) is 3.99. The van der Waals surface area contributed by atoms with Crippen LogP contribution in [0.5, 0.6) is 0 Å². The molecule has 0 aliphatic carbocycles. The summed E-state index contributed by atoms with van der Waals surface area (Å²) in [6.45, 7) is 7.89. The third-order valence-corrected chi connectivity index (χ3v) is 3.99. The second-order valence-electron chi connectivity index (χ2n) is 5.46. The van der Waals surface area contributed by atoms with Gasteiger partial charge in [-0.3, -0.25) is 4.79 Å². The van der Waals surface area contributed by atoms with Gasteiger partial charge in [-0.15, -0.1) is 0 Å². The minimum absolute atomic E-state index is 0.176. The van der Waals surface area contributed by atoms with Crippen molar-refractivity contribution in [3.63, 3.8) is 0 Å². The lowest BCUT2D eigenvalue weighted by atomic mass is 10.0. The Morgan fingerprint density at radius 2 is 2.11 bits per heavy atom. The third kappa shape index (κ3) is 3.02. The van der Waals surface area contributed by atoms with Crippen LogP contribution in [0.3, 0.4) is 0 Å². The zero-order chi connectivity index (χ0) is 13.0. The number of nitrogens with zero attached hydrogens (tertiary/aromatic N) is 2. The van der Waals surface area contributed by atoms with E-state index in [0.29, 0.717) is 6.54 Å². The molecular weight excluding hydrogens is 230 g/mol. The number of ether oxygens (including phenoxy) is 1. The molecule has 0 bridgehead atoms. The molecule has 2 aliphatic rings. The van der Waals surface area contributed by atoms with Crippen LogP contribution in [0, 0.1) is 0 Å². The van der Waals surface area contributed by atoms with E-state index in [2.05, 4.69) is 4.90 Å². The van der Waals surface area contributed by atoms with Crippen LogP contribution in [0.15, 0.2) is 0 Å². The van der Waals surface area contributed by atoms with Crippen molar-refractivity contribution >= 4 is 5.91 Å². The largest absolute Gasteiger partial charge is 0.365 e. The van der Waals surface area contributed by atoms with Crippen LogP contribution >= 0.6 is 0 Å². The van der Waals surface area contributed by atoms with Crippen LogP contribution in [0.2, 0.25) is 0 Å². The van der Waals surface area contributed by atoms with E-state index in [1.54, 1.807) is 0 Å². The number of carbonyl (C=O) groups excluding carboxylic acids is 1. The Hall–Kier alpha value is -0.650. The fourth-order valence-electron chi connectivity index (χ4n) is 2.86. The van der Waals surface area contributed by atoms with Crippen LogP contribution in [-0.4, -0.2) is 67.2 Å². The van der Waals surface area contributed by atoms with Crippen molar-refractivity contribution in [1.82, 2.24) is 9.80 Å². The van der Waals surface area contributed by atoms with Crippen molar-refractivity contribution < 1.29 is 9.53 Å². The Labute approximate surface area is 109 Å². The number of hydrogen-bond acceptors (Lipinski definition) is 4. The van der Waals surface area contributed by atoms with E-state index in [1.165, 1.54) is 0 Å². The lowest BCUT2D eigenvalue weighted by Gasteiger charge is -2.30. The van der Waals surface area contributed by atoms with Crippen molar-refractivity contribution in [3.05, 3.63) is 0 Å². The summed E-state index contributed by atoms with van der Waals surface area (Å²) in [4.78, 5) is 16.8. The van der Waals surface area contributed by atoms with Gasteiger partial charge in [0.05, 0.1) is 0 Å². The molecule has 0 aromatic heterocycles. The molecule has 2 rings (SSSR count). The highest BCUT2D eigenvalue weighted by molar-refractivity contribution is 5.85. The molecule has 0 radical (unpaired) electrons. The molecule has 2 heterocycles. The highest BCUT2D eigenvalue weighted by atomic mass is 16.5. The summed E-state index contributed by atoms with van der Waals surface area (Å²) in [5.41, 5.74) is 5.02. The summed E-state index contributed by atoms with van der Waals surface area (Å²) < 4.78 is 5.65. The standard InChI is InChI=1S/C13H25N3O2/c1-13(4-2-11-18-13)12(17)16-7-3-6-15(8-5-14)9-10-16/h2-11,14H2,1H3. The van der Waals surface area contributed by atoms with E-state index >= 15 is 0 Å². The first kappa shape index (κ1) is 13.8. The van der Waals surface area contributed by atoms with E-state index in [1.807, 2.05) is 11.8 Å². The van der Waals surface area contributed by atoms with Gasteiger partial charge in [-0.2, -0.15) is 0 Å². The summed E-state index contributed by atoms with van der Waals surface area (Å²) >= 11 is 0. The molecule has 2 saturated heterocycles. The van der Waals surface area contributed by atoms with Gasteiger partial charge >= 0.3 is 0 Å². The zero-order valence-corrected chi connectivity index (χ0v) is 11.4. The monoisotopic (exact) mass is 255 g/mol. The Balaban J connectivity index is 1.91. The summed E-state index contributed by atoms with van der Waals surface area (Å²) in [5.74, 6) is 0.176. The number of hydrogen-bond donors (Lipinski definition) is 1. The van der Waals surface area contributed by atoms with E-state index in [4.69, 9.17) is 10.5 Å². The van der Waals surface area contributed by atoms with Gasteiger partial charge < -0.3 is 20.3 Å². The fourth-order valence-corrected chi connectivity index (χ4v) is 2.86. The average molecular weight is 255 g/mol. The molecule has 104 valence electrons. The predicted molar refractivity (Wildman–Crippen MR) is 70.3 cm³/mol. The van der Waals surface area contributed by atoms with Gasteiger partial charge in [-0.1, -0.05) is 0 Å². The van der Waals surface area contributed by atoms with Gasteiger partial charge in [-0.25, -0.2) is 0 Å². The van der Waals surface area contributed by atoms with Crippen LogP contribution in [-0.2, 0) is 9.53 Å². The summed E-state index contributed by atoms with van der Waals surface area (Å²) in [7, 11) is 0. The van der Waals surface area contributed by atoms with E-state index in [-0.39, 0.29) is 5.91 Å². The average Bonchev–Trinajstić information content (AvgIpc) is 2.68. The molecule has 1 unspecified atom stereocenters. The normalized spacial score (nSPS) is 30.4. The summed E-state index contributed by atoms with van der Waals surface area (Å²) in [5, 5.41) is 0. The SMILES string of the molecule is CC1(C(=O)N2CCCN(CCN)CC2)CCCO1. The number of rotatable bonds is 3. The molecule has 2 N–H and O–H groups in total. The van der Waals surface area contributed by atoms with Crippen LogP contribution in [0.4, 0.5) is 0 Å². The van der Waals surface area contributed by atoms with E-state index < -0.39 is 5.60 Å². The Morgan fingerprint density at radius 3 is 2.78 bits per heavy atom. The number of nitrogens with two attached hydrogens (primary N) is 1. The molecule has 2 aliphatic heterocycles. The minimum Gasteiger partial charge on any atom is -0.365 e. The quantitative estimate of drug-likeness (QED) is 0.774. The zero-order valence-electron chi connectivity index (χ0n) is 11.4. The maximum atomic E-state index is 12.5. The molecule has 1 atom stereocenters.